The lowest BCUT2D eigenvalue weighted by molar-refractivity contribution is -0.129. The predicted molar refractivity (Wildman–Crippen MR) is 92.2 cm³/mol. The highest BCUT2D eigenvalue weighted by Gasteiger charge is 2.34. The third-order valence-corrected chi connectivity index (χ3v) is 5.01. The number of hydrogen-bond acceptors (Lipinski definition) is 4. The van der Waals surface area contributed by atoms with Crippen LogP contribution in [0.5, 0.6) is 0 Å². The van der Waals surface area contributed by atoms with Crippen LogP contribution in [0.2, 0.25) is 0 Å². The molecule has 0 unspecified atom stereocenters. The van der Waals surface area contributed by atoms with E-state index in [-0.39, 0.29) is 18.2 Å². The average Bonchev–Trinajstić information content (AvgIpc) is 2.97. The first-order valence-electron chi connectivity index (χ1n) is 8.06. The lowest BCUT2D eigenvalue weighted by atomic mass is 10.1. The molecule has 2 saturated heterocycles. The Labute approximate surface area is 146 Å². The number of carbonyl (C=O) groups excluding carboxylic acids is 3. The summed E-state index contributed by atoms with van der Waals surface area (Å²) in [5.41, 5.74) is 1.85. The largest absolute Gasteiger partial charge is 0.368 e. The van der Waals surface area contributed by atoms with Crippen LogP contribution in [0.1, 0.15) is 13.3 Å². The molecule has 2 aliphatic rings. The summed E-state index contributed by atoms with van der Waals surface area (Å²) in [7, 11) is 0. The Morgan fingerprint density at radius 1 is 1.04 bits per heavy atom. The van der Waals surface area contributed by atoms with Gasteiger partial charge in [0.05, 0.1) is 5.92 Å². The number of hydrogen-bond donors (Lipinski definition) is 0. The second-order valence-electron chi connectivity index (χ2n) is 6.22. The fourth-order valence-electron chi connectivity index (χ4n) is 3.23. The smallest absolute Gasteiger partial charge is 0.227 e. The van der Waals surface area contributed by atoms with Crippen molar-refractivity contribution in [1.29, 1.82) is 0 Å². The van der Waals surface area contributed by atoms with Gasteiger partial charge in [-0.05, 0) is 35.9 Å². The standard InChI is InChI=1S/C17H20ClN3O3/c1-12(22)19-6-8-20(9-7-19)14-2-4-15(5-3-14)21-11-13(17(18)24)10-16(21)23/h2-5,13H,6-11H2,1H3/t13-/m1/s1. The number of benzene rings is 1. The van der Waals surface area contributed by atoms with Crippen LogP contribution in [0.15, 0.2) is 24.3 Å². The maximum atomic E-state index is 12.0. The van der Waals surface area contributed by atoms with E-state index in [1.165, 1.54) is 0 Å². The van der Waals surface area contributed by atoms with Crippen LogP contribution < -0.4 is 9.80 Å². The summed E-state index contributed by atoms with van der Waals surface area (Å²) in [4.78, 5) is 40.4. The number of nitrogens with zero attached hydrogens (tertiary/aromatic N) is 3. The minimum Gasteiger partial charge on any atom is -0.368 e. The number of amides is 2. The molecule has 2 fully saturated rings. The molecule has 0 bridgehead atoms. The van der Waals surface area contributed by atoms with Crippen molar-refractivity contribution in [3.05, 3.63) is 24.3 Å². The van der Waals surface area contributed by atoms with E-state index in [1.807, 2.05) is 29.2 Å². The summed E-state index contributed by atoms with van der Waals surface area (Å²) in [6.45, 7) is 4.98. The van der Waals surface area contributed by atoms with Crippen molar-refractivity contribution in [3.63, 3.8) is 0 Å². The van der Waals surface area contributed by atoms with Crippen LogP contribution >= 0.6 is 11.6 Å². The third kappa shape index (κ3) is 3.38. The predicted octanol–water partition coefficient (Wildman–Crippen LogP) is 1.47. The summed E-state index contributed by atoms with van der Waals surface area (Å²) in [6, 6.07) is 7.74. The molecule has 128 valence electrons. The van der Waals surface area contributed by atoms with Crippen molar-refractivity contribution in [3.8, 4) is 0 Å². The van der Waals surface area contributed by atoms with Gasteiger partial charge in [-0.1, -0.05) is 0 Å². The fourth-order valence-corrected chi connectivity index (χ4v) is 3.38. The molecule has 0 N–H and O–H groups in total. The van der Waals surface area contributed by atoms with Gasteiger partial charge in [-0.25, -0.2) is 0 Å². The minimum absolute atomic E-state index is 0.0724. The van der Waals surface area contributed by atoms with Gasteiger partial charge in [0.25, 0.3) is 0 Å². The molecule has 2 aliphatic heterocycles. The molecule has 0 radical (unpaired) electrons. The topological polar surface area (TPSA) is 60.9 Å². The monoisotopic (exact) mass is 349 g/mol. The van der Waals surface area contributed by atoms with Gasteiger partial charge in [-0.3, -0.25) is 14.4 Å². The zero-order valence-electron chi connectivity index (χ0n) is 13.6. The molecule has 0 saturated carbocycles. The SMILES string of the molecule is CC(=O)N1CCN(c2ccc(N3C[C@H](C(=O)Cl)CC3=O)cc2)CC1. The zero-order chi connectivity index (χ0) is 17.3. The summed E-state index contributed by atoms with van der Waals surface area (Å²) in [5.74, 6) is -0.378. The van der Waals surface area contributed by atoms with Crippen LogP contribution in [0.3, 0.4) is 0 Å². The van der Waals surface area contributed by atoms with E-state index >= 15 is 0 Å². The number of piperazine rings is 1. The highest BCUT2D eigenvalue weighted by atomic mass is 35.5. The fraction of sp³-hybridized carbons (Fsp3) is 0.471. The first kappa shape index (κ1) is 16.8. The lowest BCUT2D eigenvalue weighted by Crippen LogP contribution is -2.48. The average molecular weight is 350 g/mol. The molecule has 6 nitrogen and oxygen atoms in total. The molecule has 1 aromatic rings. The number of halogens is 1. The van der Waals surface area contributed by atoms with E-state index in [1.54, 1.807) is 11.8 Å². The molecular weight excluding hydrogens is 330 g/mol. The lowest BCUT2D eigenvalue weighted by Gasteiger charge is -2.35. The Morgan fingerprint density at radius 2 is 1.62 bits per heavy atom. The number of rotatable bonds is 3. The van der Waals surface area contributed by atoms with E-state index in [4.69, 9.17) is 11.6 Å². The van der Waals surface area contributed by atoms with Gasteiger partial charge in [0.15, 0.2) is 0 Å². The molecule has 7 heteroatoms. The summed E-state index contributed by atoms with van der Waals surface area (Å²) < 4.78 is 0. The van der Waals surface area contributed by atoms with Gasteiger partial charge < -0.3 is 14.7 Å². The Kier molecular flexibility index (Phi) is 4.76. The highest BCUT2D eigenvalue weighted by molar-refractivity contribution is 6.64. The molecule has 1 atom stereocenters. The Hall–Kier alpha value is -2.08. The Bertz CT molecular complexity index is 654. The van der Waals surface area contributed by atoms with Gasteiger partial charge >= 0.3 is 0 Å². The molecule has 3 rings (SSSR count). The third-order valence-electron chi connectivity index (χ3n) is 4.70. The van der Waals surface area contributed by atoms with Crippen LogP contribution in [0.4, 0.5) is 11.4 Å². The summed E-state index contributed by atoms with van der Waals surface area (Å²) in [5, 5.41) is -0.453. The van der Waals surface area contributed by atoms with Crippen molar-refractivity contribution < 1.29 is 14.4 Å². The van der Waals surface area contributed by atoms with E-state index in [9.17, 15) is 14.4 Å². The van der Waals surface area contributed by atoms with E-state index < -0.39 is 11.2 Å². The zero-order valence-corrected chi connectivity index (χ0v) is 14.3. The van der Waals surface area contributed by atoms with Crippen LogP contribution in [0, 0.1) is 5.92 Å². The Balaban J connectivity index is 1.65. The first-order valence-corrected chi connectivity index (χ1v) is 8.43. The van der Waals surface area contributed by atoms with Crippen molar-refractivity contribution in [2.45, 2.75) is 13.3 Å². The van der Waals surface area contributed by atoms with Gasteiger partial charge in [0.1, 0.15) is 0 Å². The summed E-state index contributed by atoms with van der Waals surface area (Å²) >= 11 is 5.51. The quantitative estimate of drug-likeness (QED) is 0.775. The van der Waals surface area contributed by atoms with Crippen LogP contribution in [-0.4, -0.2) is 54.7 Å². The number of carbonyl (C=O) groups is 3. The normalized spacial score (nSPS) is 21.3. The molecule has 1 aromatic carbocycles. The van der Waals surface area contributed by atoms with Crippen molar-refractivity contribution in [2.24, 2.45) is 5.92 Å². The molecule has 24 heavy (non-hydrogen) atoms. The van der Waals surface area contributed by atoms with Crippen molar-refractivity contribution in [1.82, 2.24) is 4.90 Å². The molecule has 0 spiro atoms. The van der Waals surface area contributed by atoms with E-state index in [0.717, 1.165) is 37.6 Å². The first-order chi connectivity index (χ1) is 11.5. The maximum Gasteiger partial charge on any atom is 0.227 e. The minimum atomic E-state index is -0.453. The molecule has 2 amide bonds. The molecule has 2 heterocycles. The molecular formula is C17H20ClN3O3. The molecule has 0 aromatic heterocycles. The van der Waals surface area contributed by atoms with Crippen LogP contribution in [0.25, 0.3) is 0 Å². The second kappa shape index (κ2) is 6.81. The Morgan fingerprint density at radius 3 is 2.12 bits per heavy atom. The maximum absolute atomic E-state index is 12.0. The van der Waals surface area contributed by atoms with Gasteiger partial charge in [-0.15, -0.1) is 0 Å². The van der Waals surface area contributed by atoms with Crippen LogP contribution in [-0.2, 0) is 14.4 Å². The van der Waals surface area contributed by atoms with Gasteiger partial charge in [0, 0.05) is 57.4 Å². The number of anilines is 2. The van der Waals surface area contributed by atoms with Crippen molar-refractivity contribution in [2.75, 3.05) is 42.5 Å². The van der Waals surface area contributed by atoms with Gasteiger partial charge in [0.2, 0.25) is 17.1 Å². The van der Waals surface area contributed by atoms with E-state index in [0.29, 0.717) is 6.54 Å². The van der Waals surface area contributed by atoms with E-state index in [2.05, 4.69) is 4.90 Å². The summed E-state index contributed by atoms with van der Waals surface area (Å²) in [6.07, 6.45) is 0.178. The highest BCUT2D eigenvalue weighted by Crippen LogP contribution is 2.28. The molecule has 0 aliphatic carbocycles. The second-order valence-corrected chi connectivity index (χ2v) is 6.59. The van der Waals surface area contributed by atoms with Gasteiger partial charge in [-0.2, -0.15) is 0 Å². The van der Waals surface area contributed by atoms with Crippen molar-refractivity contribution >= 4 is 40.0 Å².